The van der Waals surface area contributed by atoms with Crippen molar-refractivity contribution in [2.75, 3.05) is 32.7 Å². The number of rotatable bonds is 5. The molecule has 2 unspecified atom stereocenters. The fourth-order valence-corrected chi connectivity index (χ4v) is 4.30. The fourth-order valence-electron chi connectivity index (χ4n) is 4.30. The molecule has 0 spiro atoms. The Bertz CT molecular complexity index is 746. The Labute approximate surface area is 153 Å². The Morgan fingerprint density at radius 2 is 1.92 bits per heavy atom. The molecule has 0 aliphatic carbocycles. The minimum atomic E-state index is 0.0517. The van der Waals surface area contributed by atoms with Gasteiger partial charge in [-0.3, -0.25) is 4.79 Å². The van der Waals surface area contributed by atoms with Crippen LogP contribution in [-0.4, -0.2) is 53.6 Å². The Kier molecular flexibility index (Phi) is 4.78. The highest BCUT2D eigenvalue weighted by Gasteiger charge is 2.42. The number of benzene rings is 1. The summed E-state index contributed by atoms with van der Waals surface area (Å²) in [4.78, 5) is 17.1. The van der Waals surface area contributed by atoms with Crippen molar-refractivity contribution in [1.29, 1.82) is 0 Å². The molecule has 1 aromatic heterocycles. The highest BCUT2D eigenvalue weighted by Crippen LogP contribution is 2.32. The molecule has 1 aromatic carbocycles. The number of hydrogen-bond acceptors (Lipinski definition) is 5. The van der Waals surface area contributed by atoms with Crippen molar-refractivity contribution in [2.24, 2.45) is 17.6 Å². The Morgan fingerprint density at radius 3 is 2.54 bits per heavy atom. The number of amides is 1. The van der Waals surface area contributed by atoms with Crippen molar-refractivity contribution in [1.82, 2.24) is 15.0 Å². The first-order chi connectivity index (χ1) is 12.6. The molecular weight excluding hydrogens is 328 g/mol. The first kappa shape index (κ1) is 17.2. The minimum absolute atomic E-state index is 0.0517. The van der Waals surface area contributed by atoms with Crippen LogP contribution in [0.3, 0.4) is 0 Å². The van der Waals surface area contributed by atoms with E-state index in [1.165, 1.54) is 11.8 Å². The number of nitrogens with two attached hydrogens (primary N) is 1. The Hall–Kier alpha value is -2.18. The summed E-state index contributed by atoms with van der Waals surface area (Å²) < 4.78 is 5.03. The molecule has 2 fully saturated rings. The molecule has 138 valence electrons. The van der Waals surface area contributed by atoms with E-state index in [4.69, 9.17) is 10.3 Å². The van der Waals surface area contributed by atoms with Crippen LogP contribution in [0.4, 0.5) is 0 Å². The molecule has 6 heteroatoms. The maximum atomic E-state index is 12.6. The lowest BCUT2D eigenvalue weighted by Gasteiger charge is -2.22. The van der Waals surface area contributed by atoms with Crippen LogP contribution in [0.1, 0.15) is 34.1 Å². The van der Waals surface area contributed by atoms with Crippen LogP contribution in [0.25, 0.3) is 0 Å². The van der Waals surface area contributed by atoms with Gasteiger partial charge in [-0.25, -0.2) is 0 Å². The smallest absolute Gasteiger partial charge is 0.259 e. The van der Waals surface area contributed by atoms with Gasteiger partial charge in [-0.2, -0.15) is 0 Å². The van der Waals surface area contributed by atoms with Crippen molar-refractivity contribution in [3.8, 4) is 0 Å². The monoisotopic (exact) mass is 354 g/mol. The maximum Gasteiger partial charge on any atom is 0.259 e. The second-order valence-electron chi connectivity index (χ2n) is 7.59. The lowest BCUT2D eigenvalue weighted by molar-refractivity contribution is 0.0772. The van der Waals surface area contributed by atoms with Gasteiger partial charge in [-0.15, -0.1) is 0 Å². The molecule has 0 saturated carbocycles. The minimum Gasteiger partial charge on any atom is -0.361 e. The van der Waals surface area contributed by atoms with Crippen molar-refractivity contribution < 1.29 is 9.32 Å². The Balaban J connectivity index is 1.27. The third kappa shape index (κ3) is 3.39. The highest BCUT2D eigenvalue weighted by molar-refractivity contribution is 5.95. The van der Waals surface area contributed by atoms with Gasteiger partial charge in [0.1, 0.15) is 11.3 Å². The molecule has 3 heterocycles. The van der Waals surface area contributed by atoms with Crippen LogP contribution in [0.5, 0.6) is 0 Å². The molecule has 1 amide bonds. The fraction of sp³-hybridized carbons (Fsp3) is 0.500. The molecule has 0 radical (unpaired) electrons. The van der Waals surface area contributed by atoms with Crippen molar-refractivity contribution >= 4 is 5.91 Å². The number of hydrogen-bond donors (Lipinski definition) is 1. The lowest BCUT2D eigenvalue weighted by Crippen LogP contribution is -2.34. The second kappa shape index (κ2) is 7.21. The summed E-state index contributed by atoms with van der Waals surface area (Å²) in [5, 5.41) is 3.72. The van der Waals surface area contributed by atoms with Gasteiger partial charge in [-0.1, -0.05) is 35.5 Å². The Morgan fingerprint density at radius 1 is 1.23 bits per heavy atom. The molecule has 2 aliphatic heterocycles. The molecule has 4 rings (SSSR count). The molecule has 3 atom stereocenters. The van der Waals surface area contributed by atoms with Gasteiger partial charge in [0.15, 0.2) is 0 Å². The summed E-state index contributed by atoms with van der Waals surface area (Å²) >= 11 is 0. The number of fused-ring (bicyclic) bond motifs is 1. The first-order valence-electron chi connectivity index (χ1n) is 9.35. The summed E-state index contributed by atoms with van der Waals surface area (Å²) in [6, 6.07) is 10.4. The van der Waals surface area contributed by atoms with Gasteiger partial charge in [0, 0.05) is 32.2 Å². The van der Waals surface area contributed by atoms with Crippen molar-refractivity contribution in [2.45, 2.75) is 19.4 Å². The van der Waals surface area contributed by atoms with E-state index in [9.17, 15) is 4.79 Å². The molecule has 2 saturated heterocycles. The van der Waals surface area contributed by atoms with Gasteiger partial charge in [-0.05, 0) is 37.3 Å². The number of aromatic nitrogens is 1. The third-order valence-corrected chi connectivity index (χ3v) is 5.81. The van der Waals surface area contributed by atoms with Crippen LogP contribution in [0.15, 0.2) is 41.1 Å². The van der Waals surface area contributed by atoms with E-state index in [1.54, 1.807) is 6.92 Å². The number of carbonyl (C=O) groups is 1. The zero-order valence-electron chi connectivity index (χ0n) is 15.2. The number of nitrogens with zero attached hydrogens (tertiary/aromatic N) is 3. The van der Waals surface area contributed by atoms with Crippen molar-refractivity contribution in [3.05, 3.63) is 53.4 Å². The van der Waals surface area contributed by atoms with Crippen LogP contribution in [0.2, 0.25) is 0 Å². The maximum absolute atomic E-state index is 12.6. The molecule has 0 bridgehead atoms. The third-order valence-electron chi connectivity index (χ3n) is 5.81. The zero-order chi connectivity index (χ0) is 18.1. The van der Waals surface area contributed by atoms with Gasteiger partial charge in [0.25, 0.3) is 5.91 Å². The highest BCUT2D eigenvalue weighted by atomic mass is 16.5. The van der Waals surface area contributed by atoms with E-state index < -0.39 is 0 Å². The van der Waals surface area contributed by atoms with Gasteiger partial charge in [0.05, 0.1) is 6.20 Å². The van der Waals surface area contributed by atoms with Crippen molar-refractivity contribution in [3.63, 3.8) is 0 Å². The summed E-state index contributed by atoms with van der Waals surface area (Å²) in [6.07, 6.45) is 2.50. The lowest BCUT2D eigenvalue weighted by atomic mass is 10.0. The van der Waals surface area contributed by atoms with E-state index in [2.05, 4.69) is 22.2 Å². The predicted molar refractivity (Wildman–Crippen MR) is 98.6 cm³/mol. The predicted octanol–water partition coefficient (Wildman–Crippen LogP) is 2.08. The standard InChI is InChI=1S/C20H26N4O2/c1-14-18(9-22-26-14)20(25)24-12-16-10-23(11-17(16)13-24)8-7-19(21)15-5-3-2-4-6-15/h2-6,9,16-17,19H,7-8,10-13,21H2,1H3/t16?,17?,19-/m0/s1. The quantitative estimate of drug-likeness (QED) is 0.890. The van der Waals surface area contributed by atoms with Crippen LogP contribution in [-0.2, 0) is 0 Å². The average Bonchev–Trinajstić information content (AvgIpc) is 3.34. The van der Waals surface area contributed by atoms with E-state index in [0.717, 1.165) is 39.1 Å². The molecular formula is C20H26N4O2. The topological polar surface area (TPSA) is 75.6 Å². The van der Waals surface area contributed by atoms with E-state index in [1.807, 2.05) is 23.1 Å². The summed E-state index contributed by atoms with van der Waals surface area (Å²) in [5.74, 6) is 1.78. The SMILES string of the molecule is Cc1oncc1C(=O)N1CC2CN(CC[C@H](N)c3ccccc3)CC2C1. The number of likely N-dealkylation sites (tertiary alicyclic amines) is 2. The van der Waals surface area contributed by atoms with Gasteiger partial charge >= 0.3 is 0 Å². The van der Waals surface area contributed by atoms with Gasteiger partial charge in [0.2, 0.25) is 0 Å². The van der Waals surface area contributed by atoms with E-state index in [0.29, 0.717) is 23.2 Å². The molecule has 2 N–H and O–H groups in total. The van der Waals surface area contributed by atoms with Crippen LogP contribution >= 0.6 is 0 Å². The molecule has 2 aromatic rings. The number of carbonyl (C=O) groups excluding carboxylic acids is 1. The van der Waals surface area contributed by atoms with Gasteiger partial charge < -0.3 is 20.1 Å². The normalized spacial score (nSPS) is 24.0. The second-order valence-corrected chi connectivity index (χ2v) is 7.59. The largest absolute Gasteiger partial charge is 0.361 e. The zero-order valence-corrected chi connectivity index (χ0v) is 15.2. The first-order valence-corrected chi connectivity index (χ1v) is 9.35. The molecule has 2 aliphatic rings. The summed E-state index contributed by atoms with van der Waals surface area (Å²) in [6.45, 7) is 6.57. The average molecular weight is 354 g/mol. The number of aryl methyl sites for hydroxylation is 1. The molecule has 26 heavy (non-hydrogen) atoms. The summed E-state index contributed by atoms with van der Waals surface area (Å²) in [7, 11) is 0. The summed E-state index contributed by atoms with van der Waals surface area (Å²) in [5.41, 5.74) is 8.12. The van der Waals surface area contributed by atoms with E-state index in [-0.39, 0.29) is 11.9 Å². The van der Waals surface area contributed by atoms with Crippen LogP contribution < -0.4 is 5.73 Å². The molecule has 6 nitrogen and oxygen atoms in total. The van der Waals surface area contributed by atoms with Crippen LogP contribution in [0, 0.1) is 18.8 Å². The van der Waals surface area contributed by atoms with E-state index >= 15 is 0 Å².